The second kappa shape index (κ2) is 7.55. The van der Waals surface area contributed by atoms with Gasteiger partial charge in [0.15, 0.2) is 0 Å². The molecule has 1 aliphatic rings. The van der Waals surface area contributed by atoms with Crippen molar-refractivity contribution in [3.8, 4) is 0 Å². The lowest BCUT2D eigenvalue weighted by Gasteiger charge is -2.15. The summed E-state index contributed by atoms with van der Waals surface area (Å²) in [6, 6.07) is 0. The Hall–Kier alpha value is 0.270. The summed E-state index contributed by atoms with van der Waals surface area (Å²) in [4.78, 5) is 2.56. The lowest BCUT2D eigenvalue weighted by Crippen LogP contribution is -2.30. The van der Waals surface area contributed by atoms with Crippen LogP contribution in [0.15, 0.2) is 0 Å². The van der Waals surface area contributed by atoms with E-state index in [4.69, 9.17) is 0 Å². The fraction of sp³-hybridized carbons (Fsp3) is 1.00. The third-order valence-corrected chi connectivity index (χ3v) is 3.97. The van der Waals surface area contributed by atoms with Crippen molar-refractivity contribution in [2.45, 2.75) is 31.4 Å². The number of hydrogen-bond donors (Lipinski definition) is 1. The SMILES string of the molecule is CSC(C)CCNCCN1CCCC1. The molecule has 1 atom stereocenters. The van der Waals surface area contributed by atoms with Gasteiger partial charge in [-0.1, -0.05) is 6.92 Å². The summed E-state index contributed by atoms with van der Waals surface area (Å²) >= 11 is 1.96. The van der Waals surface area contributed by atoms with E-state index in [9.17, 15) is 0 Å². The van der Waals surface area contributed by atoms with Crippen LogP contribution < -0.4 is 5.32 Å². The molecule has 0 aromatic carbocycles. The Labute approximate surface area is 92.8 Å². The molecule has 3 heteroatoms. The van der Waals surface area contributed by atoms with Gasteiger partial charge < -0.3 is 10.2 Å². The van der Waals surface area contributed by atoms with Gasteiger partial charge in [-0.2, -0.15) is 11.8 Å². The van der Waals surface area contributed by atoms with Crippen molar-refractivity contribution in [2.24, 2.45) is 0 Å². The number of nitrogens with one attached hydrogen (secondary N) is 1. The molecule has 1 heterocycles. The van der Waals surface area contributed by atoms with E-state index in [-0.39, 0.29) is 0 Å². The van der Waals surface area contributed by atoms with Crippen molar-refractivity contribution < 1.29 is 0 Å². The maximum atomic E-state index is 3.52. The smallest absolute Gasteiger partial charge is 0.0107 e. The van der Waals surface area contributed by atoms with Crippen molar-refractivity contribution in [1.82, 2.24) is 10.2 Å². The van der Waals surface area contributed by atoms with Crippen LogP contribution in [-0.4, -0.2) is 49.1 Å². The summed E-state index contributed by atoms with van der Waals surface area (Å²) in [6.45, 7) is 8.53. The average Bonchev–Trinajstić information content (AvgIpc) is 2.69. The van der Waals surface area contributed by atoms with Gasteiger partial charge in [0.25, 0.3) is 0 Å². The first-order chi connectivity index (χ1) is 6.83. The largest absolute Gasteiger partial charge is 0.315 e. The third-order valence-electron chi connectivity index (χ3n) is 2.93. The van der Waals surface area contributed by atoms with E-state index in [0.29, 0.717) is 0 Å². The lowest BCUT2D eigenvalue weighted by molar-refractivity contribution is 0.336. The standard InChI is InChI=1S/C11H24N2S/c1-11(14-2)5-6-12-7-10-13-8-3-4-9-13/h11-12H,3-10H2,1-2H3. The molecule has 0 aromatic heterocycles. The van der Waals surface area contributed by atoms with Crippen LogP contribution in [-0.2, 0) is 0 Å². The normalized spacial score (nSPS) is 20.1. The highest BCUT2D eigenvalue weighted by atomic mass is 32.2. The summed E-state index contributed by atoms with van der Waals surface area (Å²) in [6.07, 6.45) is 6.29. The van der Waals surface area contributed by atoms with Gasteiger partial charge in [0.05, 0.1) is 0 Å². The molecule has 1 fully saturated rings. The molecule has 0 bridgehead atoms. The maximum Gasteiger partial charge on any atom is 0.0107 e. The molecule has 1 aliphatic heterocycles. The fourth-order valence-electron chi connectivity index (χ4n) is 1.79. The Morgan fingerprint density at radius 2 is 2.00 bits per heavy atom. The zero-order valence-corrected chi connectivity index (χ0v) is 10.4. The summed E-state index contributed by atoms with van der Waals surface area (Å²) in [7, 11) is 0. The van der Waals surface area contributed by atoms with E-state index in [0.717, 1.165) is 5.25 Å². The van der Waals surface area contributed by atoms with E-state index in [2.05, 4.69) is 23.4 Å². The monoisotopic (exact) mass is 216 g/mol. The molecule has 1 unspecified atom stereocenters. The van der Waals surface area contributed by atoms with E-state index in [1.54, 1.807) is 0 Å². The van der Waals surface area contributed by atoms with Crippen molar-refractivity contribution in [2.75, 3.05) is 39.0 Å². The molecule has 14 heavy (non-hydrogen) atoms. The number of nitrogens with zero attached hydrogens (tertiary/aromatic N) is 1. The minimum Gasteiger partial charge on any atom is -0.315 e. The zero-order valence-electron chi connectivity index (χ0n) is 9.59. The van der Waals surface area contributed by atoms with Crippen LogP contribution in [0.3, 0.4) is 0 Å². The first kappa shape index (κ1) is 12.3. The van der Waals surface area contributed by atoms with E-state index < -0.39 is 0 Å². The van der Waals surface area contributed by atoms with Gasteiger partial charge in [-0.25, -0.2) is 0 Å². The third kappa shape index (κ3) is 5.23. The molecule has 0 aromatic rings. The average molecular weight is 216 g/mol. The first-order valence-corrected chi connectivity index (χ1v) is 7.07. The highest BCUT2D eigenvalue weighted by Gasteiger charge is 2.09. The van der Waals surface area contributed by atoms with Crippen LogP contribution in [0.1, 0.15) is 26.2 Å². The van der Waals surface area contributed by atoms with Gasteiger partial charge in [-0.05, 0) is 45.2 Å². The Morgan fingerprint density at radius 1 is 1.29 bits per heavy atom. The van der Waals surface area contributed by atoms with Crippen LogP contribution in [0.2, 0.25) is 0 Å². The van der Waals surface area contributed by atoms with Crippen LogP contribution in [0.5, 0.6) is 0 Å². The molecule has 0 spiro atoms. The number of likely N-dealkylation sites (tertiary alicyclic amines) is 1. The molecule has 0 aliphatic carbocycles. The summed E-state index contributed by atoms with van der Waals surface area (Å²) in [5, 5.41) is 4.32. The molecule has 1 saturated heterocycles. The summed E-state index contributed by atoms with van der Waals surface area (Å²) in [5.74, 6) is 0. The van der Waals surface area contributed by atoms with Gasteiger partial charge >= 0.3 is 0 Å². The van der Waals surface area contributed by atoms with Gasteiger partial charge in [0.1, 0.15) is 0 Å². The molecule has 1 rings (SSSR count). The number of thioether (sulfide) groups is 1. The first-order valence-electron chi connectivity index (χ1n) is 5.79. The molecular formula is C11H24N2S. The van der Waals surface area contributed by atoms with Crippen LogP contribution >= 0.6 is 11.8 Å². The van der Waals surface area contributed by atoms with Gasteiger partial charge in [-0.3, -0.25) is 0 Å². The Morgan fingerprint density at radius 3 is 2.64 bits per heavy atom. The minimum atomic E-state index is 0.800. The highest BCUT2D eigenvalue weighted by Crippen LogP contribution is 2.08. The molecular weight excluding hydrogens is 192 g/mol. The quantitative estimate of drug-likeness (QED) is 0.654. The summed E-state index contributed by atoms with van der Waals surface area (Å²) in [5.41, 5.74) is 0. The highest BCUT2D eigenvalue weighted by molar-refractivity contribution is 7.99. The fourth-order valence-corrected chi connectivity index (χ4v) is 2.15. The van der Waals surface area contributed by atoms with Gasteiger partial charge in [0, 0.05) is 18.3 Å². The maximum absolute atomic E-state index is 3.52. The van der Waals surface area contributed by atoms with Crippen molar-refractivity contribution >= 4 is 11.8 Å². The van der Waals surface area contributed by atoms with Crippen molar-refractivity contribution in [1.29, 1.82) is 0 Å². The Balaban J connectivity index is 1.84. The summed E-state index contributed by atoms with van der Waals surface area (Å²) < 4.78 is 0. The number of hydrogen-bond acceptors (Lipinski definition) is 3. The number of rotatable bonds is 7. The molecule has 0 radical (unpaired) electrons. The molecule has 84 valence electrons. The van der Waals surface area contributed by atoms with Crippen LogP contribution in [0.4, 0.5) is 0 Å². The predicted molar refractivity (Wildman–Crippen MR) is 66.1 cm³/mol. The topological polar surface area (TPSA) is 15.3 Å². The van der Waals surface area contributed by atoms with Gasteiger partial charge in [-0.15, -0.1) is 0 Å². The Bertz CT molecular complexity index is 135. The van der Waals surface area contributed by atoms with Gasteiger partial charge in [0.2, 0.25) is 0 Å². The second-order valence-electron chi connectivity index (χ2n) is 4.13. The van der Waals surface area contributed by atoms with Crippen molar-refractivity contribution in [3.63, 3.8) is 0 Å². The lowest BCUT2D eigenvalue weighted by atomic mass is 10.3. The predicted octanol–water partition coefficient (Wildman–Crippen LogP) is 1.81. The Kier molecular flexibility index (Phi) is 6.65. The van der Waals surface area contributed by atoms with E-state index >= 15 is 0 Å². The molecule has 1 N–H and O–H groups in total. The van der Waals surface area contributed by atoms with Crippen LogP contribution in [0.25, 0.3) is 0 Å². The van der Waals surface area contributed by atoms with E-state index in [1.807, 2.05) is 11.8 Å². The second-order valence-corrected chi connectivity index (χ2v) is 5.41. The molecule has 0 saturated carbocycles. The van der Waals surface area contributed by atoms with E-state index in [1.165, 1.54) is 52.0 Å². The minimum absolute atomic E-state index is 0.800. The van der Waals surface area contributed by atoms with Crippen molar-refractivity contribution in [3.05, 3.63) is 0 Å². The molecule has 2 nitrogen and oxygen atoms in total. The molecule has 0 amide bonds. The zero-order chi connectivity index (χ0) is 10.2. The van der Waals surface area contributed by atoms with Crippen LogP contribution in [0, 0.1) is 0 Å².